The Bertz CT molecular complexity index is 1380. The molecule has 0 aromatic heterocycles. The maximum atomic E-state index is 14.1. The summed E-state index contributed by atoms with van der Waals surface area (Å²) in [5.41, 5.74) is 2.03. The number of ether oxygens (including phenoxy) is 1. The van der Waals surface area contributed by atoms with Gasteiger partial charge in [0.1, 0.15) is 18.3 Å². The molecule has 0 aliphatic rings. The molecule has 3 rings (SSSR count). The molecule has 3 aromatic carbocycles. The number of carbonyl (C=O) groups is 2. The summed E-state index contributed by atoms with van der Waals surface area (Å²) >= 11 is 0. The van der Waals surface area contributed by atoms with E-state index in [1.54, 1.807) is 36.4 Å². The molecule has 40 heavy (non-hydrogen) atoms. The molecule has 3 aromatic rings. The standard InChI is InChI=1S/C31H39N3O5S/c1-6-24(4)32-31(36)29(7-2)33(21-25-12-9-8-10-13-25)30(35)22-34(26-14-11-15-27(20-26)39-5)40(37,38)28-18-16-23(3)17-19-28/h8-20,24,29H,6-7,21-22H2,1-5H3,(H,32,36)/t24-,29-/m0/s1. The fourth-order valence-corrected chi connectivity index (χ4v) is 5.68. The number of benzene rings is 3. The monoisotopic (exact) mass is 565 g/mol. The van der Waals surface area contributed by atoms with Crippen LogP contribution in [0.1, 0.15) is 44.7 Å². The van der Waals surface area contributed by atoms with Gasteiger partial charge in [0, 0.05) is 18.7 Å². The summed E-state index contributed by atoms with van der Waals surface area (Å²) in [5.74, 6) is -0.307. The van der Waals surface area contributed by atoms with Gasteiger partial charge in [-0.25, -0.2) is 8.42 Å². The van der Waals surface area contributed by atoms with Gasteiger partial charge in [0.05, 0.1) is 17.7 Å². The molecule has 1 N–H and O–H groups in total. The largest absolute Gasteiger partial charge is 0.497 e. The van der Waals surface area contributed by atoms with Crippen LogP contribution < -0.4 is 14.4 Å². The second-order valence-electron chi connectivity index (χ2n) is 9.78. The number of hydrogen-bond donors (Lipinski definition) is 1. The zero-order valence-electron chi connectivity index (χ0n) is 23.8. The number of nitrogens with one attached hydrogen (secondary N) is 1. The zero-order chi connectivity index (χ0) is 29.3. The number of hydrogen-bond acceptors (Lipinski definition) is 5. The molecule has 9 heteroatoms. The fourth-order valence-electron chi connectivity index (χ4n) is 4.27. The molecule has 214 valence electrons. The number of aryl methyl sites for hydroxylation is 1. The second kappa shape index (κ2) is 14.0. The van der Waals surface area contributed by atoms with Crippen LogP contribution >= 0.6 is 0 Å². The third-order valence-corrected chi connectivity index (χ3v) is 8.60. The van der Waals surface area contributed by atoms with Gasteiger partial charge in [-0.05, 0) is 56.5 Å². The summed E-state index contributed by atoms with van der Waals surface area (Å²) in [6.45, 7) is 7.25. The summed E-state index contributed by atoms with van der Waals surface area (Å²) in [6.07, 6.45) is 1.11. The van der Waals surface area contributed by atoms with Crippen molar-refractivity contribution < 1.29 is 22.7 Å². The van der Waals surface area contributed by atoms with Crippen LogP contribution in [0.25, 0.3) is 0 Å². The van der Waals surface area contributed by atoms with Crippen molar-refractivity contribution in [2.75, 3.05) is 18.0 Å². The summed E-state index contributed by atoms with van der Waals surface area (Å²) in [6, 6.07) is 21.6. The first kappa shape index (κ1) is 30.7. The van der Waals surface area contributed by atoms with Gasteiger partial charge in [-0.1, -0.05) is 67.9 Å². The highest BCUT2D eigenvalue weighted by Crippen LogP contribution is 2.28. The van der Waals surface area contributed by atoms with E-state index in [0.717, 1.165) is 21.9 Å². The lowest BCUT2D eigenvalue weighted by Gasteiger charge is -2.33. The van der Waals surface area contributed by atoms with Crippen LogP contribution in [0.4, 0.5) is 5.69 Å². The van der Waals surface area contributed by atoms with Crippen molar-refractivity contribution in [1.82, 2.24) is 10.2 Å². The molecule has 0 radical (unpaired) electrons. The summed E-state index contributed by atoms with van der Waals surface area (Å²) < 4.78 is 34.3. The highest BCUT2D eigenvalue weighted by atomic mass is 32.2. The van der Waals surface area contributed by atoms with Crippen molar-refractivity contribution in [2.45, 2.75) is 64.1 Å². The first-order valence-corrected chi connectivity index (χ1v) is 14.9. The van der Waals surface area contributed by atoms with E-state index in [9.17, 15) is 18.0 Å². The molecule has 0 fully saturated rings. The van der Waals surface area contributed by atoms with E-state index in [4.69, 9.17) is 4.74 Å². The molecular formula is C31H39N3O5S. The normalized spacial score (nSPS) is 12.7. The van der Waals surface area contributed by atoms with Crippen LogP contribution in [-0.2, 0) is 26.2 Å². The Morgan fingerprint density at radius 2 is 1.60 bits per heavy atom. The first-order valence-electron chi connectivity index (χ1n) is 13.5. The van der Waals surface area contributed by atoms with Crippen LogP contribution in [0.2, 0.25) is 0 Å². The van der Waals surface area contributed by atoms with E-state index in [1.165, 1.54) is 24.1 Å². The highest BCUT2D eigenvalue weighted by molar-refractivity contribution is 7.92. The van der Waals surface area contributed by atoms with Crippen LogP contribution in [0, 0.1) is 6.92 Å². The zero-order valence-corrected chi connectivity index (χ0v) is 24.6. The van der Waals surface area contributed by atoms with Crippen molar-refractivity contribution in [3.8, 4) is 5.75 Å². The number of methoxy groups -OCH3 is 1. The number of rotatable bonds is 13. The Balaban J connectivity index is 2.06. The highest BCUT2D eigenvalue weighted by Gasteiger charge is 2.34. The Morgan fingerprint density at radius 1 is 0.925 bits per heavy atom. The second-order valence-corrected chi connectivity index (χ2v) is 11.6. The maximum absolute atomic E-state index is 14.1. The van der Waals surface area contributed by atoms with Crippen molar-refractivity contribution >= 4 is 27.5 Å². The SMILES string of the molecule is CC[C@H](C)NC(=O)[C@H](CC)N(Cc1ccccc1)C(=O)CN(c1cccc(OC)c1)S(=O)(=O)c1ccc(C)cc1. The summed E-state index contributed by atoms with van der Waals surface area (Å²) in [4.78, 5) is 28.9. The van der Waals surface area contributed by atoms with Gasteiger partial charge in [-0.2, -0.15) is 0 Å². The third-order valence-electron chi connectivity index (χ3n) is 6.81. The molecule has 2 atom stereocenters. The van der Waals surface area contributed by atoms with Gasteiger partial charge >= 0.3 is 0 Å². The third kappa shape index (κ3) is 7.63. The number of sulfonamides is 1. The van der Waals surface area contributed by atoms with Gasteiger partial charge in [0.15, 0.2) is 0 Å². The topological polar surface area (TPSA) is 96.0 Å². The molecule has 0 aliphatic heterocycles. The predicted molar refractivity (Wildman–Crippen MR) is 158 cm³/mol. The quantitative estimate of drug-likeness (QED) is 0.317. The number of nitrogens with zero attached hydrogens (tertiary/aromatic N) is 2. The van der Waals surface area contributed by atoms with E-state index < -0.39 is 28.5 Å². The molecule has 8 nitrogen and oxygen atoms in total. The number of carbonyl (C=O) groups excluding carboxylic acids is 2. The van der Waals surface area contributed by atoms with Gasteiger partial charge in [-0.15, -0.1) is 0 Å². The molecule has 0 saturated heterocycles. The smallest absolute Gasteiger partial charge is 0.264 e. The Morgan fingerprint density at radius 3 is 2.20 bits per heavy atom. The van der Waals surface area contributed by atoms with Crippen LogP contribution in [0.5, 0.6) is 5.75 Å². The molecular weight excluding hydrogens is 526 g/mol. The molecule has 0 aliphatic carbocycles. The summed E-state index contributed by atoms with van der Waals surface area (Å²) in [7, 11) is -2.65. The van der Waals surface area contributed by atoms with Crippen LogP contribution in [-0.4, -0.2) is 50.9 Å². The van der Waals surface area contributed by atoms with Crippen molar-refractivity contribution in [2.24, 2.45) is 0 Å². The average Bonchev–Trinajstić information content (AvgIpc) is 2.96. The van der Waals surface area contributed by atoms with Gasteiger partial charge in [-0.3, -0.25) is 13.9 Å². The number of anilines is 1. The molecule has 0 bridgehead atoms. The minimum Gasteiger partial charge on any atom is -0.497 e. The van der Waals surface area contributed by atoms with Crippen molar-refractivity contribution in [3.05, 3.63) is 90.0 Å². The van der Waals surface area contributed by atoms with E-state index in [0.29, 0.717) is 12.2 Å². The Labute approximate surface area is 238 Å². The first-order chi connectivity index (χ1) is 19.1. The van der Waals surface area contributed by atoms with E-state index >= 15 is 0 Å². The molecule has 0 unspecified atom stereocenters. The van der Waals surface area contributed by atoms with Gasteiger partial charge in [0.25, 0.3) is 10.0 Å². The van der Waals surface area contributed by atoms with E-state index in [1.807, 2.05) is 58.0 Å². The fraction of sp³-hybridized carbons (Fsp3) is 0.355. The minimum atomic E-state index is -4.14. The van der Waals surface area contributed by atoms with E-state index in [-0.39, 0.29) is 29.1 Å². The van der Waals surface area contributed by atoms with Crippen LogP contribution in [0.15, 0.2) is 83.8 Å². The molecule has 0 spiro atoms. The Kier molecular flexibility index (Phi) is 10.7. The van der Waals surface area contributed by atoms with E-state index in [2.05, 4.69) is 5.32 Å². The van der Waals surface area contributed by atoms with Crippen molar-refractivity contribution in [1.29, 1.82) is 0 Å². The lowest BCUT2D eigenvalue weighted by atomic mass is 10.1. The molecule has 2 amide bonds. The Hall–Kier alpha value is -3.85. The predicted octanol–water partition coefficient (Wildman–Crippen LogP) is 4.92. The van der Waals surface area contributed by atoms with Gasteiger partial charge < -0.3 is 15.0 Å². The number of amides is 2. The van der Waals surface area contributed by atoms with Crippen molar-refractivity contribution in [3.63, 3.8) is 0 Å². The van der Waals surface area contributed by atoms with Crippen LogP contribution in [0.3, 0.4) is 0 Å². The average molecular weight is 566 g/mol. The van der Waals surface area contributed by atoms with Gasteiger partial charge in [0.2, 0.25) is 11.8 Å². The molecule has 0 heterocycles. The molecule has 0 saturated carbocycles. The summed E-state index contributed by atoms with van der Waals surface area (Å²) in [5, 5.41) is 2.98. The lowest BCUT2D eigenvalue weighted by molar-refractivity contribution is -0.140. The minimum absolute atomic E-state index is 0.0601. The lowest BCUT2D eigenvalue weighted by Crippen LogP contribution is -2.53. The maximum Gasteiger partial charge on any atom is 0.264 e.